The number of hydrogen-bond donors (Lipinski definition) is 2. The summed E-state index contributed by atoms with van der Waals surface area (Å²) in [4.78, 5) is 15.5. The molecule has 2 N–H and O–H groups in total. The fraction of sp³-hybridized carbons (Fsp3) is 0.192. The summed E-state index contributed by atoms with van der Waals surface area (Å²) in [6.45, 7) is -0.500. The molecule has 0 amide bonds. The third kappa shape index (κ3) is 6.76. The van der Waals surface area contributed by atoms with Gasteiger partial charge in [0.25, 0.3) is 0 Å². The molecule has 0 aliphatic heterocycles. The number of aromatic amines is 1. The maximum atomic E-state index is 14.9. The third-order valence-corrected chi connectivity index (χ3v) is 5.54. The van der Waals surface area contributed by atoms with Gasteiger partial charge in [-0.25, -0.2) is 18.6 Å². The lowest BCUT2D eigenvalue weighted by Gasteiger charge is -2.21. The van der Waals surface area contributed by atoms with E-state index in [1.54, 1.807) is 54.6 Å². The number of benzene rings is 3. The Morgan fingerprint density at radius 1 is 0.946 bits per heavy atom. The van der Waals surface area contributed by atoms with Crippen LogP contribution in [0.3, 0.4) is 0 Å². The molecular formula is C26H21F5N4O2. The van der Waals surface area contributed by atoms with Gasteiger partial charge in [0.1, 0.15) is 18.0 Å². The average Bonchev–Trinajstić information content (AvgIpc) is 3.42. The van der Waals surface area contributed by atoms with Crippen LogP contribution in [0.2, 0.25) is 0 Å². The first-order valence-electron chi connectivity index (χ1n) is 11.2. The Balaban J connectivity index is 1.50. The zero-order valence-corrected chi connectivity index (χ0v) is 19.2. The Bertz CT molecular complexity index is 1320. The molecule has 0 aliphatic carbocycles. The molecule has 1 unspecified atom stereocenters. The molecular weight excluding hydrogens is 495 g/mol. The average molecular weight is 516 g/mol. The molecule has 0 fully saturated rings. The maximum Gasteiger partial charge on any atom is 0.490 e. The second kappa shape index (κ2) is 11.3. The van der Waals surface area contributed by atoms with Crippen molar-refractivity contribution < 1.29 is 31.5 Å². The van der Waals surface area contributed by atoms with E-state index in [1.165, 1.54) is 6.33 Å². The van der Waals surface area contributed by atoms with Crippen molar-refractivity contribution in [1.82, 2.24) is 20.5 Å². The second-order valence-corrected chi connectivity index (χ2v) is 8.12. The highest BCUT2D eigenvalue weighted by Crippen LogP contribution is 2.28. The lowest BCUT2D eigenvalue weighted by molar-refractivity contribution is -0.206. The number of esters is 1. The predicted octanol–water partition coefficient (Wildman–Crippen LogP) is 5.57. The molecule has 1 heterocycles. The number of halogens is 5. The van der Waals surface area contributed by atoms with Crippen LogP contribution < -0.4 is 5.32 Å². The van der Waals surface area contributed by atoms with E-state index in [9.17, 15) is 26.7 Å². The zero-order valence-electron chi connectivity index (χ0n) is 19.2. The minimum Gasteiger partial charge on any atom is -0.440 e. The van der Waals surface area contributed by atoms with Crippen molar-refractivity contribution in [2.75, 3.05) is 0 Å². The summed E-state index contributed by atoms with van der Waals surface area (Å²) < 4.78 is 72.7. The number of carbonyl (C=O) groups excluding carboxylic acids is 1. The van der Waals surface area contributed by atoms with Gasteiger partial charge in [0.15, 0.2) is 12.1 Å². The number of hydrogen-bond acceptors (Lipinski definition) is 5. The van der Waals surface area contributed by atoms with Gasteiger partial charge in [-0.15, -0.1) is 0 Å². The molecule has 11 heteroatoms. The molecule has 0 spiro atoms. The van der Waals surface area contributed by atoms with Gasteiger partial charge in [0.2, 0.25) is 0 Å². The summed E-state index contributed by atoms with van der Waals surface area (Å²) in [6.07, 6.45) is -4.99. The normalized spacial score (nSPS) is 12.4. The van der Waals surface area contributed by atoms with Crippen molar-refractivity contribution in [3.8, 4) is 22.5 Å². The van der Waals surface area contributed by atoms with Crippen molar-refractivity contribution >= 4 is 5.97 Å². The molecule has 3 aromatic carbocycles. The van der Waals surface area contributed by atoms with E-state index in [2.05, 4.69) is 25.2 Å². The fourth-order valence-electron chi connectivity index (χ4n) is 3.68. The van der Waals surface area contributed by atoms with Gasteiger partial charge in [0.05, 0.1) is 0 Å². The van der Waals surface area contributed by atoms with Gasteiger partial charge in [-0.3, -0.25) is 10.4 Å². The van der Waals surface area contributed by atoms with E-state index in [-0.39, 0.29) is 18.4 Å². The van der Waals surface area contributed by atoms with Gasteiger partial charge < -0.3 is 4.74 Å². The van der Waals surface area contributed by atoms with Gasteiger partial charge in [0, 0.05) is 24.1 Å². The van der Waals surface area contributed by atoms with Crippen LogP contribution in [0.15, 0.2) is 73.1 Å². The summed E-state index contributed by atoms with van der Waals surface area (Å²) in [5.41, 5.74) is 1.80. The first-order chi connectivity index (χ1) is 17.7. The summed E-state index contributed by atoms with van der Waals surface area (Å²) in [5.74, 6) is -3.79. The monoisotopic (exact) mass is 516 g/mol. The lowest BCUT2D eigenvalue weighted by Crippen LogP contribution is -2.38. The number of carbonyl (C=O) groups is 1. The van der Waals surface area contributed by atoms with E-state index in [0.29, 0.717) is 17.0 Å². The van der Waals surface area contributed by atoms with Crippen LogP contribution in [0.1, 0.15) is 17.5 Å². The number of aromatic nitrogens is 3. The van der Waals surface area contributed by atoms with Crippen LogP contribution in [-0.2, 0) is 22.5 Å². The lowest BCUT2D eigenvalue weighted by atomic mass is 10.0. The number of rotatable bonds is 9. The van der Waals surface area contributed by atoms with Crippen molar-refractivity contribution in [3.63, 3.8) is 0 Å². The van der Waals surface area contributed by atoms with E-state index in [4.69, 9.17) is 0 Å². The zero-order chi connectivity index (χ0) is 26.4. The standard InChI is InChI=1S/C26H21F5N4O2/c27-21-12-19(17-7-4-8-18(11-17)24-33-15-34-35-24)13-22(28)20(21)14-32-23(37-25(36)26(29,30)31)10-9-16-5-2-1-3-6-16/h1-8,11-13,15,23,32H,9-10,14H2,(H,33,34,35). The fourth-order valence-corrected chi connectivity index (χ4v) is 3.68. The highest BCUT2D eigenvalue weighted by atomic mass is 19.4. The van der Waals surface area contributed by atoms with Crippen LogP contribution >= 0.6 is 0 Å². The molecule has 1 aromatic heterocycles. The molecule has 4 rings (SSSR count). The van der Waals surface area contributed by atoms with Crippen molar-refractivity contribution in [2.24, 2.45) is 0 Å². The molecule has 0 saturated heterocycles. The molecule has 4 aromatic rings. The SMILES string of the molecule is O=C(OC(CCc1ccccc1)NCc1c(F)cc(-c2cccc(-c3nc[nH]n3)c2)cc1F)C(F)(F)F. The minimum absolute atomic E-state index is 0.0405. The topological polar surface area (TPSA) is 79.9 Å². The Morgan fingerprint density at radius 2 is 1.65 bits per heavy atom. The quantitative estimate of drug-likeness (QED) is 0.173. The van der Waals surface area contributed by atoms with Gasteiger partial charge in [-0.2, -0.15) is 18.3 Å². The van der Waals surface area contributed by atoms with E-state index < -0.39 is 42.1 Å². The van der Waals surface area contributed by atoms with E-state index in [1.807, 2.05) is 0 Å². The molecule has 0 saturated carbocycles. The number of nitrogens with zero attached hydrogens (tertiary/aromatic N) is 2. The predicted molar refractivity (Wildman–Crippen MR) is 125 cm³/mol. The number of alkyl halides is 3. The van der Waals surface area contributed by atoms with Crippen LogP contribution in [0.4, 0.5) is 22.0 Å². The Labute approximate surface area is 208 Å². The van der Waals surface area contributed by atoms with Crippen molar-refractivity contribution in [1.29, 1.82) is 0 Å². The number of H-pyrrole nitrogens is 1. The minimum atomic E-state index is -5.20. The highest BCUT2D eigenvalue weighted by Gasteiger charge is 2.42. The molecule has 192 valence electrons. The summed E-state index contributed by atoms with van der Waals surface area (Å²) in [5, 5.41) is 9.11. The van der Waals surface area contributed by atoms with E-state index in [0.717, 1.165) is 17.7 Å². The molecule has 37 heavy (non-hydrogen) atoms. The largest absolute Gasteiger partial charge is 0.490 e. The summed E-state index contributed by atoms with van der Waals surface area (Å²) in [7, 11) is 0. The van der Waals surface area contributed by atoms with Gasteiger partial charge in [-0.1, -0.05) is 48.5 Å². The van der Waals surface area contributed by atoms with Gasteiger partial charge in [-0.05, 0) is 41.3 Å². The first-order valence-corrected chi connectivity index (χ1v) is 11.2. The molecule has 0 aliphatic rings. The summed E-state index contributed by atoms with van der Waals surface area (Å²) in [6, 6.07) is 17.8. The molecule has 0 bridgehead atoms. The third-order valence-electron chi connectivity index (χ3n) is 5.54. The number of nitrogens with one attached hydrogen (secondary N) is 2. The van der Waals surface area contributed by atoms with Crippen LogP contribution in [0, 0.1) is 11.6 Å². The molecule has 6 nitrogen and oxygen atoms in total. The van der Waals surface area contributed by atoms with Crippen molar-refractivity contribution in [3.05, 3.63) is 95.8 Å². The van der Waals surface area contributed by atoms with Crippen LogP contribution in [0.25, 0.3) is 22.5 Å². The highest BCUT2D eigenvalue weighted by molar-refractivity contribution is 5.75. The maximum absolute atomic E-state index is 14.9. The Kier molecular flexibility index (Phi) is 7.92. The van der Waals surface area contributed by atoms with E-state index >= 15 is 0 Å². The number of ether oxygens (including phenoxy) is 1. The van der Waals surface area contributed by atoms with Crippen LogP contribution in [0.5, 0.6) is 0 Å². The Hall–Kier alpha value is -4.12. The molecule has 1 atom stereocenters. The molecule has 0 radical (unpaired) electrons. The van der Waals surface area contributed by atoms with Crippen LogP contribution in [-0.4, -0.2) is 33.6 Å². The number of aryl methyl sites for hydroxylation is 1. The smallest absolute Gasteiger partial charge is 0.440 e. The van der Waals surface area contributed by atoms with Gasteiger partial charge >= 0.3 is 12.1 Å². The van der Waals surface area contributed by atoms with Crippen molar-refractivity contribution in [2.45, 2.75) is 31.8 Å². The second-order valence-electron chi connectivity index (χ2n) is 8.12. The first kappa shape index (κ1) is 26.0. The Morgan fingerprint density at radius 3 is 2.30 bits per heavy atom. The summed E-state index contributed by atoms with van der Waals surface area (Å²) >= 11 is 0.